The van der Waals surface area contributed by atoms with Gasteiger partial charge in [0.25, 0.3) is 11.8 Å². The number of carbonyl (C=O) groups is 2. The van der Waals surface area contributed by atoms with Crippen LogP contribution in [0.15, 0.2) is 60.7 Å². The second-order valence-electron chi connectivity index (χ2n) is 6.30. The molecule has 3 heteroatoms. The minimum Gasteiger partial charge on any atom is -0.274 e. The standard InChI is InChI=1S/C22H23NO2/c1-2-3-4-11-16-23-21(24)19(17-12-7-5-8-13-17)20(22(23)25)18-14-9-6-10-15-18/h5-10,12-15H,2-4,11,16H2,1H3. The van der Waals surface area contributed by atoms with Crippen LogP contribution in [0.1, 0.15) is 43.7 Å². The van der Waals surface area contributed by atoms with E-state index < -0.39 is 0 Å². The lowest BCUT2D eigenvalue weighted by Crippen LogP contribution is -2.32. The highest BCUT2D eigenvalue weighted by atomic mass is 16.2. The minimum absolute atomic E-state index is 0.174. The van der Waals surface area contributed by atoms with Crippen LogP contribution in [-0.2, 0) is 9.59 Å². The molecule has 0 atom stereocenters. The average Bonchev–Trinajstić information content (AvgIpc) is 2.91. The molecule has 3 rings (SSSR count). The molecule has 1 aliphatic heterocycles. The van der Waals surface area contributed by atoms with Gasteiger partial charge in [0.05, 0.1) is 11.1 Å². The summed E-state index contributed by atoms with van der Waals surface area (Å²) < 4.78 is 0. The highest BCUT2D eigenvalue weighted by Gasteiger charge is 2.38. The molecule has 0 bridgehead atoms. The van der Waals surface area contributed by atoms with Gasteiger partial charge in [0, 0.05) is 6.54 Å². The van der Waals surface area contributed by atoms with Crippen LogP contribution in [0.2, 0.25) is 0 Å². The summed E-state index contributed by atoms with van der Waals surface area (Å²) in [4.78, 5) is 27.4. The zero-order valence-electron chi connectivity index (χ0n) is 14.6. The minimum atomic E-state index is -0.174. The third-order valence-electron chi connectivity index (χ3n) is 4.53. The first-order valence-electron chi connectivity index (χ1n) is 8.95. The van der Waals surface area contributed by atoms with E-state index in [4.69, 9.17) is 0 Å². The summed E-state index contributed by atoms with van der Waals surface area (Å²) >= 11 is 0. The van der Waals surface area contributed by atoms with Crippen molar-refractivity contribution in [3.63, 3.8) is 0 Å². The Kier molecular flexibility index (Phi) is 5.44. The van der Waals surface area contributed by atoms with Crippen molar-refractivity contribution in [3.8, 4) is 0 Å². The summed E-state index contributed by atoms with van der Waals surface area (Å²) in [5, 5.41) is 0. The largest absolute Gasteiger partial charge is 0.274 e. The van der Waals surface area contributed by atoms with Gasteiger partial charge < -0.3 is 0 Å². The smallest absolute Gasteiger partial charge is 0.262 e. The van der Waals surface area contributed by atoms with Gasteiger partial charge in [-0.2, -0.15) is 0 Å². The van der Waals surface area contributed by atoms with Gasteiger partial charge in [-0.1, -0.05) is 86.8 Å². The molecule has 128 valence electrons. The summed E-state index contributed by atoms with van der Waals surface area (Å²) in [5.74, 6) is -0.349. The van der Waals surface area contributed by atoms with Crippen molar-refractivity contribution in [2.45, 2.75) is 32.6 Å². The van der Waals surface area contributed by atoms with E-state index in [0.717, 1.165) is 36.8 Å². The highest BCUT2D eigenvalue weighted by molar-refractivity contribution is 6.48. The zero-order valence-corrected chi connectivity index (χ0v) is 14.6. The van der Waals surface area contributed by atoms with Crippen molar-refractivity contribution in [2.75, 3.05) is 6.54 Å². The fourth-order valence-corrected chi connectivity index (χ4v) is 3.22. The molecule has 0 radical (unpaired) electrons. The second kappa shape index (κ2) is 7.93. The quantitative estimate of drug-likeness (QED) is 0.551. The summed E-state index contributed by atoms with van der Waals surface area (Å²) in [6.07, 6.45) is 4.15. The van der Waals surface area contributed by atoms with E-state index in [0.29, 0.717) is 17.7 Å². The number of hydrogen-bond donors (Lipinski definition) is 0. The van der Waals surface area contributed by atoms with Crippen LogP contribution < -0.4 is 0 Å². The van der Waals surface area contributed by atoms with E-state index in [2.05, 4.69) is 6.92 Å². The molecule has 0 aliphatic carbocycles. The molecular formula is C22H23NO2. The number of carbonyl (C=O) groups excluding carboxylic acids is 2. The summed E-state index contributed by atoms with van der Waals surface area (Å²) in [5.41, 5.74) is 2.64. The molecule has 0 unspecified atom stereocenters. The first kappa shape index (κ1) is 17.2. The van der Waals surface area contributed by atoms with E-state index in [9.17, 15) is 9.59 Å². The normalized spacial score (nSPS) is 14.5. The van der Waals surface area contributed by atoms with E-state index >= 15 is 0 Å². The Morgan fingerprint density at radius 2 is 1.16 bits per heavy atom. The summed E-state index contributed by atoms with van der Waals surface area (Å²) in [6.45, 7) is 2.64. The monoisotopic (exact) mass is 333 g/mol. The number of unbranched alkanes of at least 4 members (excludes halogenated alkanes) is 3. The Labute approximate surface area is 149 Å². The predicted molar refractivity (Wildman–Crippen MR) is 101 cm³/mol. The van der Waals surface area contributed by atoms with Crippen LogP contribution in [-0.4, -0.2) is 23.3 Å². The number of hydrogen-bond acceptors (Lipinski definition) is 2. The number of benzene rings is 2. The fraction of sp³-hybridized carbons (Fsp3) is 0.273. The fourth-order valence-electron chi connectivity index (χ4n) is 3.22. The van der Waals surface area contributed by atoms with Crippen molar-refractivity contribution < 1.29 is 9.59 Å². The van der Waals surface area contributed by atoms with E-state index in [1.54, 1.807) is 0 Å². The van der Waals surface area contributed by atoms with Crippen LogP contribution >= 0.6 is 0 Å². The van der Waals surface area contributed by atoms with Gasteiger partial charge in [-0.25, -0.2) is 0 Å². The Morgan fingerprint density at radius 3 is 1.60 bits per heavy atom. The van der Waals surface area contributed by atoms with Gasteiger partial charge in [0.2, 0.25) is 0 Å². The topological polar surface area (TPSA) is 37.4 Å². The van der Waals surface area contributed by atoms with Crippen molar-refractivity contribution in [2.24, 2.45) is 0 Å². The van der Waals surface area contributed by atoms with Gasteiger partial charge in [0.15, 0.2) is 0 Å². The van der Waals surface area contributed by atoms with E-state index in [1.165, 1.54) is 4.90 Å². The van der Waals surface area contributed by atoms with Gasteiger partial charge in [-0.05, 0) is 17.5 Å². The zero-order chi connectivity index (χ0) is 17.6. The molecule has 0 saturated carbocycles. The molecule has 2 aromatic carbocycles. The SMILES string of the molecule is CCCCCCN1C(=O)C(c2ccccc2)=C(c2ccccc2)C1=O. The molecule has 0 N–H and O–H groups in total. The molecule has 2 aromatic rings. The van der Waals surface area contributed by atoms with Crippen molar-refractivity contribution in [1.82, 2.24) is 4.90 Å². The second-order valence-corrected chi connectivity index (χ2v) is 6.30. The number of nitrogens with zero attached hydrogens (tertiary/aromatic N) is 1. The highest BCUT2D eigenvalue weighted by Crippen LogP contribution is 2.35. The lowest BCUT2D eigenvalue weighted by Gasteiger charge is -2.15. The molecule has 0 spiro atoms. The molecule has 2 amide bonds. The lowest BCUT2D eigenvalue weighted by atomic mass is 9.96. The Morgan fingerprint density at radius 1 is 0.680 bits per heavy atom. The molecule has 1 aliphatic rings. The number of rotatable bonds is 7. The molecule has 0 saturated heterocycles. The Balaban J connectivity index is 1.97. The number of amides is 2. The Hall–Kier alpha value is -2.68. The van der Waals surface area contributed by atoms with Crippen LogP contribution in [0.25, 0.3) is 11.1 Å². The molecule has 0 aromatic heterocycles. The van der Waals surface area contributed by atoms with Crippen molar-refractivity contribution >= 4 is 23.0 Å². The first-order valence-corrected chi connectivity index (χ1v) is 8.95. The molecular weight excluding hydrogens is 310 g/mol. The lowest BCUT2D eigenvalue weighted by molar-refractivity contribution is -0.136. The molecule has 0 fully saturated rings. The van der Waals surface area contributed by atoms with E-state index in [-0.39, 0.29) is 11.8 Å². The maximum absolute atomic E-state index is 13.0. The summed E-state index contributed by atoms with van der Waals surface area (Å²) in [6, 6.07) is 19.0. The Bertz CT molecular complexity index is 717. The average molecular weight is 333 g/mol. The van der Waals surface area contributed by atoms with Crippen molar-refractivity contribution in [1.29, 1.82) is 0 Å². The molecule has 1 heterocycles. The maximum atomic E-state index is 13.0. The van der Waals surface area contributed by atoms with Crippen LogP contribution in [0.5, 0.6) is 0 Å². The van der Waals surface area contributed by atoms with Crippen molar-refractivity contribution in [3.05, 3.63) is 71.8 Å². The van der Waals surface area contributed by atoms with Gasteiger partial charge >= 0.3 is 0 Å². The summed E-state index contributed by atoms with van der Waals surface area (Å²) in [7, 11) is 0. The third kappa shape index (κ3) is 3.55. The third-order valence-corrected chi connectivity index (χ3v) is 4.53. The van der Waals surface area contributed by atoms with E-state index in [1.807, 2.05) is 60.7 Å². The molecule has 25 heavy (non-hydrogen) atoms. The molecule has 3 nitrogen and oxygen atoms in total. The first-order chi connectivity index (χ1) is 12.2. The van der Waals surface area contributed by atoms with Crippen LogP contribution in [0, 0.1) is 0 Å². The van der Waals surface area contributed by atoms with Gasteiger partial charge in [0.1, 0.15) is 0 Å². The van der Waals surface area contributed by atoms with Gasteiger partial charge in [-0.15, -0.1) is 0 Å². The predicted octanol–water partition coefficient (Wildman–Crippen LogP) is 4.55. The van der Waals surface area contributed by atoms with Gasteiger partial charge in [-0.3, -0.25) is 14.5 Å². The maximum Gasteiger partial charge on any atom is 0.262 e. The van der Waals surface area contributed by atoms with Crippen LogP contribution in [0.3, 0.4) is 0 Å². The number of imide groups is 1. The van der Waals surface area contributed by atoms with Crippen LogP contribution in [0.4, 0.5) is 0 Å².